The lowest BCUT2D eigenvalue weighted by Gasteiger charge is -2.23. The van der Waals surface area contributed by atoms with Gasteiger partial charge in [0.15, 0.2) is 0 Å². The Balaban J connectivity index is 2.34. The number of carboxylic acid groups (broad SMARTS) is 1. The first-order chi connectivity index (χ1) is 9.90. The maximum atomic E-state index is 12.2. The number of carbonyl (C=O) groups excluding carboxylic acids is 2. The zero-order valence-electron chi connectivity index (χ0n) is 11.8. The molecule has 0 spiro atoms. The molecule has 0 saturated heterocycles. The first-order valence-corrected chi connectivity index (χ1v) is 6.63. The zero-order valence-corrected chi connectivity index (χ0v) is 11.8. The minimum Gasteiger partial charge on any atom is -0.548 e. The smallest absolute Gasteiger partial charge is 0.255 e. The van der Waals surface area contributed by atoms with Gasteiger partial charge in [0.2, 0.25) is 0 Å². The van der Waals surface area contributed by atoms with Crippen LogP contribution in [0.5, 0.6) is 5.75 Å². The molecule has 0 saturated carbocycles. The van der Waals surface area contributed by atoms with E-state index in [-0.39, 0.29) is 17.2 Å². The maximum Gasteiger partial charge on any atom is 0.255 e. The Morgan fingerprint density at radius 1 is 1.14 bits per heavy atom. The summed E-state index contributed by atoms with van der Waals surface area (Å²) >= 11 is 0. The fraction of sp³-hybridized carbons (Fsp3) is 0.250. The second kappa shape index (κ2) is 5.83. The molecule has 21 heavy (non-hydrogen) atoms. The Kier molecular flexibility index (Phi) is 4.12. The predicted octanol–water partition coefficient (Wildman–Crippen LogP) is 1.05. The number of carbonyl (C=O) groups is 2. The van der Waals surface area contributed by atoms with E-state index in [0.717, 1.165) is 10.8 Å². The van der Waals surface area contributed by atoms with E-state index in [1.807, 2.05) is 24.3 Å². The SMILES string of the molecule is CC(C)[C@H](NC(=O)c1cc2ccccc2cc1O)C(=O)[O-]. The van der Waals surface area contributed by atoms with Crippen LogP contribution in [-0.4, -0.2) is 23.0 Å². The van der Waals surface area contributed by atoms with Gasteiger partial charge in [0.05, 0.1) is 17.6 Å². The molecule has 5 nitrogen and oxygen atoms in total. The van der Waals surface area contributed by atoms with Crippen molar-refractivity contribution in [2.75, 3.05) is 0 Å². The van der Waals surface area contributed by atoms with Crippen LogP contribution in [0.1, 0.15) is 24.2 Å². The summed E-state index contributed by atoms with van der Waals surface area (Å²) in [5, 5.41) is 24.9. The molecule has 2 aromatic rings. The second-order valence-corrected chi connectivity index (χ2v) is 5.23. The third kappa shape index (κ3) is 3.13. The third-order valence-corrected chi connectivity index (χ3v) is 3.32. The average Bonchev–Trinajstić information content (AvgIpc) is 2.43. The number of benzene rings is 2. The molecule has 1 atom stereocenters. The van der Waals surface area contributed by atoms with Crippen molar-refractivity contribution in [3.05, 3.63) is 42.0 Å². The van der Waals surface area contributed by atoms with E-state index in [0.29, 0.717) is 0 Å². The van der Waals surface area contributed by atoms with Gasteiger partial charge in [-0.15, -0.1) is 0 Å². The van der Waals surface area contributed by atoms with Crippen LogP contribution >= 0.6 is 0 Å². The molecule has 2 N–H and O–H groups in total. The highest BCUT2D eigenvalue weighted by molar-refractivity contribution is 6.02. The number of rotatable bonds is 4. The van der Waals surface area contributed by atoms with Crippen molar-refractivity contribution < 1.29 is 19.8 Å². The molecule has 0 aliphatic heterocycles. The van der Waals surface area contributed by atoms with Crippen LogP contribution < -0.4 is 10.4 Å². The number of hydrogen-bond acceptors (Lipinski definition) is 4. The number of aromatic hydroxyl groups is 1. The molecule has 1 amide bonds. The van der Waals surface area contributed by atoms with E-state index < -0.39 is 17.9 Å². The van der Waals surface area contributed by atoms with Crippen molar-refractivity contribution in [1.29, 1.82) is 0 Å². The fourth-order valence-corrected chi connectivity index (χ4v) is 2.13. The molecule has 0 heterocycles. The molecular formula is C16H16NO4-. The van der Waals surface area contributed by atoms with E-state index in [9.17, 15) is 19.8 Å². The zero-order chi connectivity index (χ0) is 15.6. The standard InChI is InChI=1S/C16H17NO4/c1-9(2)14(16(20)21)17-15(19)12-7-10-5-3-4-6-11(10)8-13(12)18/h3-9,14,18H,1-2H3,(H,17,19)(H,20,21)/p-1/t14-/m0/s1. The van der Waals surface area contributed by atoms with Gasteiger partial charge in [0.25, 0.3) is 5.91 Å². The third-order valence-electron chi connectivity index (χ3n) is 3.32. The Morgan fingerprint density at radius 2 is 1.71 bits per heavy atom. The normalized spacial score (nSPS) is 12.3. The lowest BCUT2D eigenvalue weighted by atomic mass is 10.0. The average molecular weight is 286 g/mol. The van der Waals surface area contributed by atoms with E-state index in [4.69, 9.17) is 0 Å². The van der Waals surface area contributed by atoms with Gasteiger partial charge in [-0.1, -0.05) is 38.1 Å². The van der Waals surface area contributed by atoms with Crippen molar-refractivity contribution in [3.63, 3.8) is 0 Å². The monoisotopic (exact) mass is 286 g/mol. The van der Waals surface area contributed by atoms with Crippen molar-refractivity contribution in [3.8, 4) is 5.75 Å². The van der Waals surface area contributed by atoms with Crippen LogP contribution in [-0.2, 0) is 4.79 Å². The summed E-state index contributed by atoms with van der Waals surface area (Å²) in [4.78, 5) is 23.2. The number of amides is 1. The number of phenols is 1. The number of aliphatic carboxylic acids is 1. The summed E-state index contributed by atoms with van der Waals surface area (Å²) in [6.45, 7) is 3.34. The van der Waals surface area contributed by atoms with Crippen LogP contribution in [0.3, 0.4) is 0 Å². The predicted molar refractivity (Wildman–Crippen MR) is 76.7 cm³/mol. The van der Waals surface area contributed by atoms with Crippen molar-refractivity contribution in [2.24, 2.45) is 5.92 Å². The number of carboxylic acids is 1. The number of fused-ring (bicyclic) bond motifs is 1. The summed E-state index contributed by atoms with van der Waals surface area (Å²) in [5.41, 5.74) is 0.0422. The number of nitrogens with one attached hydrogen (secondary N) is 1. The van der Waals surface area contributed by atoms with Crippen molar-refractivity contribution in [1.82, 2.24) is 5.32 Å². The minimum absolute atomic E-state index is 0.0422. The van der Waals surface area contributed by atoms with E-state index in [1.54, 1.807) is 13.8 Å². The number of hydrogen-bond donors (Lipinski definition) is 2. The summed E-state index contributed by atoms with van der Waals surface area (Å²) in [6.07, 6.45) is 0. The van der Waals surface area contributed by atoms with Gasteiger partial charge in [-0.3, -0.25) is 4.79 Å². The summed E-state index contributed by atoms with van der Waals surface area (Å²) in [5.74, 6) is -2.49. The van der Waals surface area contributed by atoms with Crippen LogP contribution in [0.4, 0.5) is 0 Å². The van der Waals surface area contributed by atoms with Gasteiger partial charge in [-0.25, -0.2) is 0 Å². The lowest BCUT2D eigenvalue weighted by Crippen LogP contribution is -2.50. The summed E-state index contributed by atoms with van der Waals surface area (Å²) in [6, 6.07) is 9.17. The van der Waals surface area contributed by atoms with Gasteiger partial charge in [0, 0.05) is 0 Å². The highest BCUT2D eigenvalue weighted by Crippen LogP contribution is 2.25. The van der Waals surface area contributed by atoms with Gasteiger partial charge in [-0.2, -0.15) is 0 Å². The van der Waals surface area contributed by atoms with Crippen LogP contribution in [0, 0.1) is 5.92 Å². The molecule has 2 rings (SSSR count). The molecule has 5 heteroatoms. The molecule has 0 aliphatic carbocycles. The Bertz CT molecular complexity index is 694. The molecule has 110 valence electrons. The van der Waals surface area contributed by atoms with E-state index in [1.165, 1.54) is 12.1 Å². The molecule has 0 aromatic heterocycles. The molecule has 0 fully saturated rings. The van der Waals surface area contributed by atoms with E-state index in [2.05, 4.69) is 5.32 Å². The van der Waals surface area contributed by atoms with E-state index >= 15 is 0 Å². The first-order valence-electron chi connectivity index (χ1n) is 6.63. The summed E-state index contributed by atoms with van der Waals surface area (Å²) < 4.78 is 0. The second-order valence-electron chi connectivity index (χ2n) is 5.23. The molecule has 0 unspecified atom stereocenters. The molecule has 0 bridgehead atoms. The van der Waals surface area contributed by atoms with Gasteiger partial charge in [-0.05, 0) is 28.8 Å². The minimum atomic E-state index is -1.35. The molecular weight excluding hydrogens is 270 g/mol. The van der Waals surface area contributed by atoms with Gasteiger partial charge >= 0.3 is 0 Å². The quantitative estimate of drug-likeness (QED) is 0.879. The Morgan fingerprint density at radius 3 is 2.24 bits per heavy atom. The molecule has 0 aliphatic rings. The van der Waals surface area contributed by atoms with Crippen LogP contribution in [0.2, 0.25) is 0 Å². The van der Waals surface area contributed by atoms with Gasteiger partial charge in [0.1, 0.15) is 5.75 Å². The van der Waals surface area contributed by atoms with Crippen LogP contribution in [0.15, 0.2) is 36.4 Å². The van der Waals surface area contributed by atoms with Crippen molar-refractivity contribution in [2.45, 2.75) is 19.9 Å². The topological polar surface area (TPSA) is 89.5 Å². The number of phenolic OH excluding ortho intramolecular Hbond substituents is 1. The lowest BCUT2D eigenvalue weighted by molar-refractivity contribution is -0.309. The maximum absolute atomic E-state index is 12.2. The molecule has 0 radical (unpaired) electrons. The highest BCUT2D eigenvalue weighted by Gasteiger charge is 2.20. The largest absolute Gasteiger partial charge is 0.548 e. The van der Waals surface area contributed by atoms with Crippen molar-refractivity contribution >= 4 is 22.6 Å². The summed E-state index contributed by atoms with van der Waals surface area (Å²) in [7, 11) is 0. The fourth-order valence-electron chi connectivity index (χ4n) is 2.13. The first kappa shape index (κ1) is 14.8. The Hall–Kier alpha value is -2.56. The van der Waals surface area contributed by atoms with Gasteiger partial charge < -0.3 is 20.3 Å². The highest BCUT2D eigenvalue weighted by atomic mass is 16.4. The van der Waals surface area contributed by atoms with Crippen LogP contribution in [0.25, 0.3) is 10.8 Å². The molecule has 2 aromatic carbocycles. The Labute approximate surface area is 122 Å².